The van der Waals surface area contributed by atoms with E-state index in [1.54, 1.807) is 30.3 Å². The summed E-state index contributed by atoms with van der Waals surface area (Å²) in [6.07, 6.45) is 0. The van der Waals surface area contributed by atoms with E-state index < -0.39 is 17.1 Å². The van der Waals surface area contributed by atoms with Crippen LogP contribution in [0.25, 0.3) is 0 Å². The summed E-state index contributed by atoms with van der Waals surface area (Å²) >= 11 is 0.994. The maximum Gasteiger partial charge on any atom is 0.333 e. The average Bonchev–Trinajstić information content (AvgIpc) is 2.83. The number of ether oxygens (including phenoxy) is 1. The number of carbonyl (C=O) groups excluding carboxylic acids is 1. The lowest BCUT2D eigenvalue weighted by Crippen LogP contribution is -2.39. The molecule has 35 heavy (non-hydrogen) atoms. The van der Waals surface area contributed by atoms with Crippen LogP contribution in [0.4, 0.5) is 11.4 Å². The molecular weight excluding hydrogens is 468 g/mol. The van der Waals surface area contributed by atoms with Crippen molar-refractivity contribution in [3.8, 4) is 11.6 Å². The summed E-state index contributed by atoms with van der Waals surface area (Å²) in [6, 6.07) is 12.5. The molecule has 0 saturated heterocycles. The van der Waals surface area contributed by atoms with Gasteiger partial charge in [0.05, 0.1) is 18.0 Å². The van der Waals surface area contributed by atoms with Crippen molar-refractivity contribution in [2.24, 2.45) is 19.1 Å². The summed E-state index contributed by atoms with van der Waals surface area (Å²) in [5.41, 5.74) is 1.71. The van der Waals surface area contributed by atoms with Crippen molar-refractivity contribution in [1.82, 2.24) is 9.13 Å². The second-order valence-corrected chi connectivity index (χ2v) is 8.85. The van der Waals surface area contributed by atoms with Crippen LogP contribution in [0.15, 0.2) is 57.0 Å². The molecule has 0 saturated carbocycles. The normalized spacial score (nSPS) is 11.4. The van der Waals surface area contributed by atoms with Gasteiger partial charge in [-0.1, -0.05) is 17.8 Å². The van der Waals surface area contributed by atoms with Crippen LogP contribution in [0.2, 0.25) is 0 Å². The molecule has 0 spiro atoms. The Bertz CT molecular complexity index is 1390. The fourth-order valence-electron chi connectivity index (χ4n) is 3.23. The topological polar surface area (TPSA) is 115 Å². The Balaban J connectivity index is 1.93. The maximum atomic E-state index is 12.9. The van der Waals surface area contributed by atoms with E-state index in [-0.39, 0.29) is 22.3 Å². The summed E-state index contributed by atoms with van der Waals surface area (Å²) < 4.78 is 7.26. The third kappa shape index (κ3) is 6.02. The quantitative estimate of drug-likeness (QED) is 0.383. The number of hydrogen-bond donors (Lipinski definition) is 2. The van der Waals surface area contributed by atoms with Gasteiger partial charge in [-0.2, -0.15) is 0 Å². The summed E-state index contributed by atoms with van der Waals surface area (Å²) in [4.78, 5) is 42.3. The first-order valence-corrected chi connectivity index (χ1v) is 11.9. The molecule has 0 aliphatic heterocycles. The summed E-state index contributed by atoms with van der Waals surface area (Å²) in [7, 11) is 2.68. The monoisotopic (exact) mass is 496 g/mol. The van der Waals surface area contributed by atoms with Crippen LogP contribution in [0.5, 0.6) is 11.6 Å². The van der Waals surface area contributed by atoms with E-state index in [0.717, 1.165) is 32.0 Å². The highest BCUT2D eigenvalue weighted by Gasteiger charge is 2.22. The van der Waals surface area contributed by atoms with Crippen LogP contribution in [0, 0.1) is 13.8 Å². The number of hydrogen-bond acceptors (Lipinski definition) is 7. The lowest BCUT2D eigenvalue weighted by molar-refractivity contribution is -0.113. The molecule has 0 atom stereocenters. The predicted octanol–water partition coefficient (Wildman–Crippen LogP) is 3.26. The molecule has 0 radical (unpaired) electrons. The molecule has 3 rings (SSSR count). The van der Waals surface area contributed by atoms with E-state index in [1.807, 2.05) is 32.9 Å². The third-order valence-corrected chi connectivity index (χ3v) is 6.33. The minimum atomic E-state index is -0.701. The summed E-state index contributed by atoms with van der Waals surface area (Å²) in [5.74, 6) is -0.223. The van der Waals surface area contributed by atoms with Crippen molar-refractivity contribution in [3.63, 3.8) is 0 Å². The zero-order chi connectivity index (χ0) is 25.7. The van der Waals surface area contributed by atoms with Crippen LogP contribution in [0.1, 0.15) is 23.6 Å². The number of aromatic nitrogens is 2. The molecule has 0 unspecified atom stereocenters. The fraction of sp³-hybridized carbons (Fsp3) is 0.280. The molecular formula is C25H28N4O5S. The molecule has 2 aromatic carbocycles. The smallest absolute Gasteiger partial charge is 0.333 e. The highest BCUT2D eigenvalue weighted by atomic mass is 32.2. The number of benzene rings is 2. The number of amides is 1. The van der Waals surface area contributed by atoms with Crippen molar-refractivity contribution >= 4 is 34.1 Å². The number of nitrogens with one attached hydrogen (secondary N) is 1. The third-order valence-electron chi connectivity index (χ3n) is 5.36. The zero-order valence-corrected chi connectivity index (χ0v) is 21.1. The lowest BCUT2D eigenvalue weighted by atomic mass is 10.1. The predicted molar refractivity (Wildman–Crippen MR) is 139 cm³/mol. The molecule has 3 aromatic rings. The molecule has 10 heteroatoms. The Morgan fingerprint density at radius 2 is 1.74 bits per heavy atom. The van der Waals surface area contributed by atoms with Crippen LogP contribution >= 0.6 is 11.8 Å². The Labute approximate surface area is 207 Å². The number of aryl methyl sites for hydroxylation is 2. The van der Waals surface area contributed by atoms with Gasteiger partial charge in [0.25, 0.3) is 5.56 Å². The highest BCUT2D eigenvalue weighted by molar-refractivity contribution is 8.15. The Morgan fingerprint density at radius 3 is 2.37 bits per heavy atom. The second kappa shape index (κ2) is 11.1. The van der Waals surface area contributed by atoms with Crippen molar-refractivity contribution in [3.05, 3.63) is 80.0 Å². The van der Waals surface area contributed by atoms with Gasteiger partial charge in [0.15, 0.2) is 0 Å². The SMILES string of the molecule is CCOc1ccc(NC(=O)CSC(=Nc2ccc(C)c(C)c2)c2c(O)n(C)c(=O)n(C)c2=O)cc1. The van der Waals surface area contributed by atoms with Gasteiger partial charge in [0.1, 0.15) is 16.4 Å². The molecule has 0 aliphatic rings. The highest BCUT2D eigenvalue weighted by Crippen LogP contribution is 2.25. The Hall–Kier alpha value is -3.79. The summed E-state index contributed by atoms with van der Waals surface area (Å²) in [5, 5.41) is 13.6. The van der Waals surface area contributed by atoms with Crippen molar-refractivity contribution < 1.29 is 14.6 Å². The number of aliphatic imine (C=N–C) groups is 1. The van der Waals surface area contributed by atoms with Gasteiger partial charge in [0.2, 0.25) is 11.8 Å². The van der Waals surface area contributed by atoms with Gasteiger partial charge in [0, 0.05) is 19.8 Å². The van der Waals surface area contributed by atoms with Crippen molar-refractivity contribution in [2.45, 2.75) is 20.8 Å². The Morgan fingerprint density at radius 1 is 1.06 bits per heavy atom. The van der Waals surface area contributed by atoms with Crippen molar-refractivity contribution in [2.75, 3.05) is 17.7 Å². The molecule has 184 valence electrons. The van der Waals surface area contributed by atoms with Gasteiger partial charge in [-0.25, -0.2) is 9.79 Å². The minimum absolute atomic E-state index is 0.0810. The van der Waals surface area contributed by atoms with E-state index in [0.29, 0.717) is 23.7 Å². The van der Waals surface area contributed by atoms with E-state index in [9.17, 15) is 19.5 Å². The second-order valence-electron chi connectivity index (χ2n) is 7.88. The van der Waals surface area contributed by atoms with Crippen LogP contribution in [0.3, 0.4) is 0 Å². The molecule has 1 heterocycles. The summed E-state index contributed by atoms with van der Waals surface area (Å²) in [6.45, 7) is 6.34. The number of rotatable bonds is 7. The average molecular weight is 497 g/mol. The molecule has 1 amide bonds. The first kappa shape index (κ1) is 25.8. The Kier molecular flexibility index (Phi) is 8.18. The first-order chi connectivity index (χ1) is 16.6. The zero-order valence-electron chi connectivity index (χ0n) is 20.3. The van der Waals surface area contributed by atoms with Gasteiger partial charge >= 0.3 is 5.69 Å². The van der Waals surface area contributed by atoms with Crippen LogP contribution in [-0.4, -0.2) is 37.6 Å². The van der Waals surface area contributed by atoms with E-state index in [4.69, 9.17) is 4.74 Å². The lowest BCUT2D eigenvalue weighted by Gasteiger charge is -2.13. The maximum absolute atomic E-state index is 12.9. The number of thioether (sulfide) groups is 1. The number of aromatic hydroxyl groups is 1. The first-order valence-electron chi connectivity index (χ1n) is 10.9. The van der Waals surface area contributed by atoms with E-state index in [2.05, 4.69) is 10.3 Å². The van der Waals surface area contributed by atoms with Gasteiger partial charge < -0.3 is 15.2 Å². The van der Waals surface area contributed by atoms with E-state index >= 15 is 0 Å². The number of nitrogens with zero attached hydrogens (tertiary/aromatic N) is 3. The van der Waals surface area contributed by atoms with Gasteiger partial charge in [-0.05, 0) is 68.3 Å². The molecule has 9 nitrogen and oxygen atoms in total. The van der Waals surface area contributed by atoms with Gasteiger partial charge in [-0.3, -0.25) is 18.7 Å². The standard InChI is InChI=1S/C25H28N4O5S/c1-6-34-19-11-9-17(10-12-19)26-20(30)14-35-22(27-18-8-7-15(2)16(3)13-18)21-23(31)28(4)25(33)29(5)24(21)32/h7-13,31H,6,14H2,1-5H3,(H,26,30). The van der Waals surface area contributed by atoms with Crippen LogP contribution < -0.4 is 21.3 Å². The van der Waals surface area contributed by atoms with Crippen LogP contribution in [-0.2, 0) is 18.9 Å². The molecule has 0 aliphatic carbocycles. The van der Waals surface area contributed by atoms with Gasteiger partial charge in [-0.15, -0.1) is 0 Å². The molecule has 0 bridgehead atoms. The molecule has 1 aromatic heterocycles. The fourth-order valence-corrected chi connectivity index (χ4v) is 4.06. The van der Waals surface area contributed by atoms with Crippen molar-refractivity contribution in [1.29, 1.82) is 0 Å². The number of carbonyl (C=O) groups is 1. The number of anilines is 1. The molecule has 0 fully saturated rings. The molecule has 2 N–H and O–H groups in total. The minimum Gasteiger partial charge on any atom is -0.494 e. The van der Waals surface area contributed by atoms with E-state index in [1.165, 1.54) is 14.1 Å². The largest absolute Gasteiger partial charge is 0.494 e.